The molecular formula is C17H25NO4S. The molecule has 0 spiro atoms. The normalized spacial score (nSPS) is 20.3. The Hall–Kier alpha value is -1.40. The highest BCUT2D eigenvalue weighted by molar-refractivity contribution is 7.89. The number of piperidine rings is 1. The van der Waals surface area contributed by atoms with Gasteiger partial charge in [0, 0.05) is 6.54 Å². The lowest BCUT2D eigenvalue weighted by atomic mass is 9.87. The molecular weight excluding hydrogens is 314 g/mol. The summed E-state index contributed by atoms with van der Waals surface area (Å²) >= 11 is 0. The molecule has 1 atom stereocenters. The van der Waals surface area contributed by atoms with Gasteiger partial charge in [-0.2, -0.15) is 4.31 Å². The van der Waals surface area contributed by atoms with Crippen LogP contribution in [-0.2, 0) is 25.0 Å². The fourth-order valence-electron chi connectivity index (χ4n) is 2.83. The van der Waals surface area contributed by atoms with Gasteiger partial charge in [-0.3, -0.25) is 4.79 Å². The molecule has 1 aromatic carbocycles. The number of nitrogens with zero attached hydrogens (tertiary/aromatic N) is 1. The SMILES string of the molecule is COC(=O)C1CCCCN1S(=O)(=O)c1ccc(C(C)(C)C)cc1. The Morgan fingerprint density at radius 1 is 1.17 bits per heavy atom. The number of esters is 1. The Morgan fingerprint density at radius 3 is 2.30 bits per heavy atom. The monoisotopic (exact) mass is 339 g/mol. The molecule has 0 aromatic heterocycles. The van der Waals surface area contributed by atoms with Gasteiger partial charge in [0.05, 0.1) is 12.0 Å². The van der Waals surface area contributed by atoms with Crippen molar-refractivity contribution in [2.75, 3.05) is 13.7 Å². The van der Waals surface area contributed by atoms with Crippen molar-refractivity contribution in [3.05, 3.63) is 29.8 Å². The summed E-state index contributed by atoms with van der Waals surface area (Å²) in [4.78, 5) is 12.1. The van der Waals surface area contributed by atoms with Crippen molar-refractivity contribution in [3.8, 4) is 0 Å². The van der Waals surface area contributed by atoms with E-state index >= 15 is 0 Å². The second kappa shape index (κ2) is 6.61. The number of rotatable bonds is 3. The van der Waals surface area contributed by atoms with Crippen LogP contribution < -0.4 is 0 Å². The van der Waals surface area contributed by atoms with E-state index < -0.39 is 22.0 Å². The molecule has 1 saturated heterocycles. The minimum absolute atomic E-state index is 0.0397. The molecule has 23 heavy (non-hydrogen) atoms. The number of carbonyl (C=O) groups is 1. The highest BCUT2D eigenvalue weighted by atomic mass is 32.2. The summed E-state index contributed by atoms with van der Waals surface area (Å²) in [6, 6.07) is 6.20. The molecule has 0 saturated carbocycles. The summed E-state index contributed by atoms with van der Waals surface area (Å²) in [5.74, 6) is -0.486. The van der Waals surface area contributed by atoms with E-state index in [2.05, 4.69) is 20.8 Å². The standard InChI is InChI=1S/C17H25NO4S/c1-17(2,3)13-8-10-14(11-9-13)23(20,21)18-12-6-5-7-15(18)16(19)22-4/h8-11,15H,5-7,12H2,1-4H3. The molecule has 1 aliphatic rings. The summed E-state index contributed by atoms with van der Waals surface area (Å²) < 4.78 is 31.9. The summed E-state index contributed by atoms with van der Waals surface area (Å²) in [5.41, 5.74) is 1.03. The van der Waals surface area contributed by atoms with Crippen LogP contribution >= 0.6 is 0 Å². The Balaban J connectivity index is 2.34. The zero-order chi connectivity index (χ0) is 17.3. The van der Waals surface area contributed by atoms with Gasteiger partial charge in [0.2, 0.25) is 10.0 Å². The second-order valence-electron chi connectivity index (χ2n) is 6.92. The van der Waals surface area contributed by atoms with Crippen LogP contribution in [0.25, 0.3) is 0 Å². The minimum Gasteiger partial charge on any atom is -0.468 e. The number of carbonyl (C=O) groups excluding carboxylic acids is 1. The molecule has 0 radical (unpaired) electrons. The van der Waals surface area contributed by atoms with Crippen molar-refractivity contribution in [1.29, 1.82) is 0 Å². The van der Waals surface area contributed by atoms with Gasteiger partial charge in [-0.1, -0.05) is 32.9 Å². The Kier molecular flexibility index (Phi) is 5.16. The van der Waals surface area contributed by atoms with Crippen LogP contribution in [0.4, 0.5) is 0 Å². The van der Waals surface area contributed by atoms with Crippen LogP contribution in [0.15, 0.2) is 29.2 Å². The van der Waals surface area contributed by atoms with Crippen molar-refractivity contribution in [3.63, 3.8) is 0 Å². The Morgan fingerprint density at radius 2 is 1.78 bits per heavy atom. The molecule has 1 fully saturated rings. The topological polar surface area (TPSA) is 63.7 Å². The summed E-state index contributed by atoms with van der Waals surface area (Å²) in [5, 5.41) is 0. The molecule has 1 unspecified atom stereocenters. The molecule has 0 bridgehead atoms. The van der Waals surface area contributed by atoms with Gasteiger partial charge in [0.1, 0.15) is 6.04 Å². The summed E-state index contributed by atoms with van der Waals surface area (Å²) in [6.07, 6.45) is 2.09. The van der Waals surface area contributed by atoms with Crippen molar-refractivity contribution in [1.82, 2.24) is 4.31 Å². The van der Waals surface area contributed by atoms with Crippen LogP contribution in [0.5, 0.6) is 0 Å². The highest BCUT2D eigenvalue weighted by Crippen LogP contribution is 2.28. The van der Waals surface area contributed by atoms with E-state index in [1.54, 1.807) is 12.1 Å². The molecule has 1 heterocycles. The van der Waals surface area contributed by atoms with Gasteiger partial charge in [-0.05, 0) is 42.4 Å². The zero-order valence-corrected chi connectivity index (χ0v) is 15.0. The van der Waals surface area contributed by atoms with Gasteiger partial charge in [0.25, 0.3) is 0 Å². The lowest BCUT2D eigenvalue weighted by Crippen LogP contribution is -2.48. The maximum atomic E-state index is 12.9. The van der Waals surface area contributed by atoms with E-state index in [0.717, 1.165) is 18.4 Å². The first-order valence-electron chi connectivity index (χ1n) is 7.88. The lowest BCUT2D eigenvalue weighted by Gasteiger charge is -2.32. The van der Waals surface area contributed by atoms with Gasteiger partial charge in [-0.15, -0.1) is 0 Å². The molecule has 0 aliphatic carbocycles. The predicted molar refractivity (Wildman–Crippen MR) is 88.7 cm³/mol. The third-order valence-electron chi connectivity index (χ3n) is 4.25. The van der Waals surface area contributed by atoms with Crippen LogP contribution in [0.3, 0.4) is 0 Å². The first kappa shape index (κ1) is 17.9. The maximum absolute atomic E-state index is 12.9. The summed E-state index contributed by atoms with van der Waals surface area (Å²) in [7, 11) is -2.40. The van der Waals surface area contributed by atoms with Crippen molar-refractivity contribution in [2.24, 2.45) is 0 Å². The highest BCUT2D eigenvalue weighted by Gasteiger charge is 2.38. The lowest BCUT2D eigenvalue weighted by molar-refractivity contribution is -0.146. The molecule has 6 heteroatoms. The molecule has 2 rings (SSSR count). The average molecular weight is 339 g/mol. The van der Waals surface area contributed by atoms with E-state index in [4.69, 9.17) is 4.74 Å². The Bertz CT molecular complexity index is 659. The number of ether oxygens (including phenoxy) is 1. The molecule has 5 nitrogen and oxygen atoms in total. The largest absolute Gasteiger partial charge is 0.468 e. The van der Waals surface area contributed by atoms with Crippen LogP contribution in [0, 0.1) is 0 Å². The molecule has 1 aliphatic heterocycles. The number of sulfonamides is 1. The first-order chi connectivity index (χ1) is 10.7. The third kappa shape index (κ3) is 3.75. The van der Waals surface area contributed by atoms with Gasteiger partial charge in [-0.25, -0.2) is 8.42 Å². The molecule has 1 aromatic rings. The predicted octanol–water partition coefficient (Wildman–Crippen LogP) is 2.70. The fraction of sp³-hybridized carbons (Fsp3) is 0.588. The number of hydrogen-bond acceptors (Lipinski definition) is 4. The van der Waals surface area contributed by atoms with Crippen molar-refractivity contribution in [2.45, 2.75) is 56.4 Å². The third-order valence-corrected chi connectivity index (χ3v) is 6.18. The zero-order valence-electron chi connectivity index (χ0n) is 14.2. The first-order valence-corrected chi connectivity index (χ1v) is 9.32. The molecule has 0 amide bonds. The van der Waals surface area contributed by atoms with Crippen LogP contribution in [0.1, 0.15) is 45.6 Å². The van der Waals surface area contributed by atoms with Crippen LogP contribution in [-0.4, -0.2) is 38.4 Å². The van der Waals surface area contributed by atoms with E-state index in [9.17, 15) is 13.2 Å². The van der Waals surface area contributed by atoms with Crippen LogP contribution in [0.2, 0.25) is 0 Å². The van der Waals surface area contributed by atoms with Gasteiger partial charge < -0.3 is 4.74 Å². The molecule has 0 N–H and O–H groups in total. The van der Waals surface area contributed by atoms with Gasteiger partial charge >= 0.3 is 5.97 Å². The van der Waals surface area contributed by atoms with Crippen molar-refractivity contribution >= 4 is 16.0 Å². The number of methoxy groups -OCH3 is 1. The fourth-order valence-corrected chi connectivity index (χ4v) is 4.47. The maximum Gasteiger partial charge on any atom is 0.324 e. The van der Waals surface area contributed by atoms with Crippen molar-refractivity contribution < 1.29 is 17.9 Å². The smallest absolute Gasteiger partial charge is 0.324 e. The average Bonchev–Trinajstić information content (AvgIpc) is 2.53. The number of hydrogen-bond donors (Lipinski definition) is 0. The number of benzene rings is 1. The minimum atomic E-state index is -3.70. The van der Waals surface area contributed by atoms with E-state index in [-0.39, 0.29) is 10.3 Å². The van der Waals surface area contributed by atoms with E-state index in [1.807, 2.05) is 12.1 Å². The molecule has 128 valence electrons. The quantitative estimate of drug-likeness (QED) is 0.794. The Labute approximate surface area is 138 Å². The summed E-state index contributed by atoms with van der Waals surface area (Å²) in [6.45, 7) is 6.58. The second-order valence-corrected chi connectivity index (χ2v) is 8.82. The van der Waals surface area contributed by atoms with E-state index in [0.29, 0.717) is 13.0 Å². The van der Waals surface area contributed by atoms with Gasteiger partial charge in [0.15, 0.2) is 0 Å². The van der Waals surface area contributed by atoms with E-state index in [1.165, 1.54) is 11.4 Å².